The Morgan fingerprint density at radius 3 is 2.51 bits per heavy atom. The van der Waals surface area contributed by atoms with Crippen LogP contribution in [-0.2, 0) is 4.79 Å². The molecule has 0 heterocycles. The second-order valence-corrected chi connectivity index (χ2v) is 14.6. The van der Waals surface area contributed by atoms with Crippen molar-refractivity contribution in [3.8, 4) is 0 Å². The molecule has 236 valence electrons. The standard InChI is InChI=1S/C33H48N4O6/c1-21(5-10-30(39)35-18-17-34-26-8-6-23(36(40)41)20-27(26)37(42)43)25-7-9-28-32(25,3)16-13-29-31(2)15-12-24(38)19-22(31)11-14-33(28,29)4/h6,8,11,20-21,24-25,28-29,34,38H,5,7,9-10,12-19H2,1-4H3,(H,35,39)/t21-,24+,25-,28-,29-,31+,32-,33+/m1/s1. The van der Waals surface area contributed by atoms with E-state index in [0.717, 1.165) is 38.2 Å². The summed E-state index contributed by atoms with van der Waals surface area (Å²) in [6, 6.07) is 3.48. The Bertz CT molecular complexity index is 1300. The van der Waals surface area contributed by atoms with Gasteiger partial charge < -0.3 is 15.7 Å². The summed E-state index contributed by atoms with van der Waals surface area (Å²) in [5.41, 5.74) is 1.77. The van der Waals surface area contributed by atoms with Gasteiger partial charge in [0, 0.05) is 25.6 Å². The number of allylic oxidation sites excluding steroid dienone is 1. The van der Waals surface area contributed by atoms with Crippen LogP contribution in [0, 0.1) is 60.1 Å². The molecule has 0 aliphatic heterocycles. The van der Waals surface area contributed by atoms with Gasteiger partial charge in [-0.1, -0.05) is 39.3 Å². The zero-order valence-electron chi connectivity index (χ0n) is 26.1. The van der Waals surface area contributed by atoms with E-state index in [9.17, 15) is 30.1 Å². The number of hydrogen-bond donors (Lipinski definition) is 3. The number of nitro groups is 2. The number of rotatable bonds is 10. The Balaban J connectivity index is 1.13. The second kappa shape index (κ2) is 11.8. The summed E-state index contributed by atoms with van der Waals surface area (Å²) in [7, 11) is 0. The number of carbonyl (C=O) groups excluding carboxylic acids is 1. The number of aliphatic hydroxyl groups is 1. The first-order valence-corrected chi connectivity index (χ1v) is 16.1. The van der Waals surface area contributed by atoms with Crippen LogP contribution in [0.2, 0.25) is 0 Å². The van der Waals surface area contributed by atoms with Crippen molar-refractivity contribution in [2.45, 2.75) is 98.0 Å². The first kappa shape index (κ1) is 31.4. The third-order valence-electron chi connectivity index (χ3n) is 12.4. The van der Waals surface area contributed by atoms with E-state index in [-0.39, 0.29) is 51.9 Å². The van der Waals surface area contributed by atoms with Gasteiger partial charge in [-0.25, -0.2) is 0 Å². The number of carbonyl (C=O) groups is 1. The topological polar surface area (TPSA) is 148 Å². The molecule has 4 aliphatic carbocycles. The largest absolute Gasteiger partial charge is 0.393 e. The van der Waals surface area contributed by atoms with E-state index in [1.165, 1.54) is 43.4 Å². The Morgan fingerprint density at radius 2 is 1.79 bits per heavy atom. The fraction of sp³-hybridized carbons (Fsp3) is 0.727. The molecule has 1 aromatic carbocycles. The maximum atomic E-state index is 12.7. The van der Waals surface area contributed by atoms with E-state index in [2.05, 4.69) is 44.4 Å². The molecule has 43 heavy (non-hydrogen) atoms. The Labute approximate surface area is 254 Å². The minimum atomic E-state index is -0.665. The lowest BCUT2D eigenvalue weighted by molar-refractivity contribution is -0.393. The third-order valence-corrected chi connectivity index (χ3v) is 12.4. The van der Waals surface area contributed by atoms with Gasteiger partial charge in [0.25, 0.3) is 11.4 Å². The number of hydrogen-bond acceptors (Lipinski definition) is 7. The van der Waals surface area contributed by atoms with Crippen LogP contribution < -0.4 is 10.6 Å². The van der Waals surface area contributed by atoms with Gasteiger partial charge in [0.1, 0.15) is 5.69 Å². The van der Waals surface area contributed by atoms with Crippen LogP contribution >= 0.6 is 0 Å². The van der Waals surface area contributed by atoms with Crippen LogP contribution in [0.1, 0.15) is 91.9 Å². The zero-order valence-corrected chi connectivity index (χ0v) is 26.1. The Morgan fingerprint density at radius 1 is 1.02 bits per heavy atom. The van der Waals surface area contributed by atoms with Crippen molar-refractivity contribution in [1.29, 1.82) is 0 Å². The number of fused-ring (bicyclic) bond motifs is 5. The highest BCUT2D eigenvalue weighted by Gasteiger charge is 2.63. The first-order chi connectivity index (χ1) is 20.3. The molecular weight excluding hydrogens is 548 g/mol. The summed E-state index contributed by atoms with van der Waals surface area (Å²) in [4.78, 5) is 33.7. The summed E-state index contributed by atoms with van der Waals surface area (Å²) >= 11 is 0. The zero-order chi connectivity index (χ0) is 31.2. The van der Waals surface area contributed by atoms with E-state index >= 15 is 0 Å². The van der Waals surface area contributed by atoms with Crippen LogP contribution in [0.15, 0.2) is 29.8 Å². The molecule has 3 N–H and O–H groups in total. The van der Waals surface area contributed by atoms with Gasteiger partial charge >= 0.3 is 0 Å². The summed E-state index contributed by atoms with van der Waals surface area (Å²) in [6.07, 6.45) is 12.5. The maximum Gasteiger partial charge on any atom is 0.299 e. The molecule has 3 fully saturated rings. The lowest BCUT2D eigenvalue weighted by Crippen LogP contribution is -2.56. The van der Waals surface area contributed by atoms with Gasteiger partial charge in [0.15, 0.2) is 0 Å². The second-order valence-electron chi connectivity index (χ2n) is 14.6. The van der Waals surface area contributed by atoms with Crippen LogP contribution in [0.25, 0.3) is 0 Å². The molecule has 0 unspecified atom stereocenters. The van der Waals surface area contributed by atoms with Crippen LogP contribution in [0.4, 0.5) is 17.1 Å². The van der Waals surface area contributed by atoms with Crippen molar-refractivity contribution in [2.75, 3.05) is 18.4 Å². The molecule has 0 aromatic heterocycles. The highest BCUT2D eigenvalue weighted by atomic mass is 16.6. The fourth-order valence-electron chi connectivity index (χ4n) is 10.3. The predicted octanol–water partition coefficient (Wildman–Crippen LogP) is 6.78. The highest BCUT2D eigenvalue weighted by Crippen LogP contribution is 2.71. The number of benzene rings is 1. The van der Waals surface area contributed by atoms with Crippen LogP contribution in [-0.4, -0.2) is 40.1 Å². The molecule has 3 saturated carbocycles. The van der Waals surface area contributed by atoms with Gasteiger partial charge in [-0.3, -0.25) is 25.0 Å². The van der Waals surface area contributed by atoms with Crippen molar-refractivity contribution in [1.82, 2.24) is 5.32 Å². The summed E-state index contributed by atoms with van der Waals surface area (Å²) in [5, 5.41) is 38.5. The number of nitro benzene ring substituents is 2. The molecule has 0 bridgehead atoms. The van der Waals surface area contributed by atoms with Crippen molar-refractivity contribution >= 4 is 23.0 Å². The maximum absolute atomic E-state index is 12.7. The van der Waals surface area contributed by atoms with Gasteiger partial charge in [-0.05, 0) is 104 Å². The quantitative estimate of drug-likeness (QED) is 0.117. The average molecular weight is 597 g/mol. The van der Waals surface area contributed by atoms with E-state index < -0.39 is 9.85 Å². The number of amides is 1. The lowest BCUT2D eigenvalue weighted by Gasteiger charge is -2.63. The molecule has 0 saturated heterocycles. The van der Waals surface area contributed by atoms with Crippen molar-refractivity contribution < 1.29 is 19.7 Å². The van der Waals surface area contributed by atoms with Gasteiger partial charge in [-0.15, -0.1) is 0 Å². The van der Waals surface area contributed by atoms with Crippen LogP contribution in [0.3, 0.4) is 0 Å². The van der Waals surface area contributed by atoms with Crippen molar-refractivity contribution in [3.63, 3.8) is 0 Å². The molecule has 1 amide bonds. The van der Waals surface area contributed by atoms with E-state index in [1.54, 1.807) is 0 Å². The van der Waals surface area contributed by atoms with Gasteiger partial charge in [0.05, 0.1) is 22.0 Å². The van der Waals surface area contributed by atoms with E-state index in [0.29, 0.717) is 36.6 Å². The van der Waals surface area contributed by atoms with E-state index in [1.807, 2.05) is 0 Å². The summed E-state index contributed by atoms with van der Waals surface area (Å²) in [6.45, 7) is 10.5. The smallest absolute Gasteiger partial charge is 0.299 e. The van der Waals surface area contributed by atoms with Gasteiger partial charge in [0.2, 0.25) is 5.91 Å². The average Bonchev–Trinajstić information content (AvgIpc) is 3.32. The van der Waals surface area contributed by atoms with Crippen LogP contribution in [0.5, 0.6) is 0 Å². The molecule has 5 rings (SSSR count). The van der Waals surface area contributed by atoms with E-state index in [4.69, 9.17) is 0 Å². The molecule has 10 heteroatoms. The summed E-state index contributed by atoms with van der Waals surface area (Å²) in [5.74, 6) is 2.36. The monoisotopic (exact) mass is 596 g/mol. The molecule has 4 aliphatic rings. The Hall–Kier alpha value is -3.01. The molecule has 0 radical (unpaired) electrons. The van der Waals surface area contributed by atoms with Gasteiger partial charge in [-0.2, -0.15) is 0 Å². The molecule has 8 atom stereocenters. The molecule has 0 spiro atoms. The highest BCUT2D eigenvalue weighted by molar-refractivity contribution is 5.76. The minimum absolute atomic E-state index is 0.0282. The third kappa shape index (κ3) is 5.67. The number of nitrogens with zero attached hydrogens (tertiary/aromatic N) is 2. The number of anilines is 1. The Kier molecular flexibility index (Phi) is 8.64. The number of nitrogens with one attached hydrogen (secondary N) is 2. The fourth-order valence-corrected chi connectivity index (χ4v) is 10.3. The minimum Gasteiger partial charge on any atom is -0.393 e. The molecule has 10 nitrogen and oxygen atoms in total. The van der Waals surface area contributed by atoms with Crippen molar-refractivity contribution in [2.24, 2.45) is 39.9 Å². The predicted molar refractivity (Wildman–Crippen MR) is 165 cm³/mol. The summed E-state index contributed by atoms with van der Waals surface area (Å²) < 4.78 is 0. The first-order valence-electron chi connectivity index (χ1n) is 16.1. The number of non-ortho nitro benzene ring substituents is 1. The lowest BCUT2D eigenvalue weighted by atomic mass is 9.41. The van der Waals surface area contributed by atoms with Crippen molar-refractivity contribution in [3.05, 3.63) is 50.1 Å². The SMILES string of the molecule is C[C@H](CCC(=O)NCCNc1ccc([N+](=O)[O-])cc1[N+](=O)[O-])[C@H]1CC[C@@H]2[C@]1(C)CC[C@H]1[C@@]2(C)CC=C2C[C@@H](O)CC[C@@]21C. The molecular formula is C33H48N4O6. The molecule has 1 aromatic rings. The number of aliphatic hydroxyl groups excluding tert-OH is 1. The normalized spacial score (nSPS) is 35.5.